The maximum absolute atomic E-state index is 11.0. The van der Waals surface area contributed by atoms with Crippen molar-refractivity contribution in [2.75, 3.05) is 18.8 Å². The smallest absolute Gasteiger partial charge is 0.248 e. The van der Waals surface area contributed by atoms with E-state index in [0.29, 0.717) is 17.8 Å². The van der Waals surface area contributed by atoms with Crippen LogP contribution in [0.3, 0.4) is 0 Å². The maximum atomic E-state index is 11.0. The van der Waals surface area contributed by atoms with E-state index in [1.807, 2.05) is 12.1 Å². The molecule has 0 aliphatic rings. The number of nitrogens with zero attached hydrogens (tertiary/aromatic N) is 3. The normalized spacial score (nSPS) is 9.72. The molecule has 92 valence electrons. The topological polar surface area (TPSA) is 120 Å². The lowest BCUT2D eigenvalue weighted by Crippen LogP contribution is -2.24. The third-order valence-corrected chi connectivity index (χ3v) is 2.41. The van der Waals surface area contributed by atoms with E-state index >= 15 is 0 Å². The third kappa shape index (κ3) is 3.48. The number of anilines is 1. The number of benzene rings is 1. The van der Waals surface area contributed by atoms with Crippen LogP contribution in [0.15, 0.2) is 18.2 Å². The molecule has 1 amide bonds. The minimum Gasteiger partial charge on any atom is -0.398 e. The number of hydrogen-bond acceptors (Lipinski definition) is 5. The fourth-order valence-electron chi connectivity index (χ4n) is 1.50. The highest BCUT2D eigenvalue weighted by Crippen LogP contribution is 2.16. The van der Waals surface area contributed by atoms with Crippen LogP contribution in [0.25, 0.3) is 0 Å². The standard InChI is InChI=1S/C12H13N5O/c13-3-5-17(6-4-14)8-10-2-1-9(12(16)18)7-11(10)15/h1-2,7H,5-6,8,15H2,(H2,16,18). The van der Waals surface area contributed by atoms with Gasteiger partial charge in [-0.2, -0.15) is 10.5 Å². The molecule has 1 rings (SSSR count). The molecule has 0 heterocycles. The summed E-state index contributed by atoms with van der Waals surface area (Å²) in [7, 11) is 0. The highest BCUT2D eigenvalue weighted by Gasteiger charge is 2.09. The number of primary amides is 1. The molecule has 0 radical (unpaired) electrons. The largest absolute Gasteiger partial charge is 0.398 e. The van der Waals surface area contributed by atoms with Crippen molar-refractivity contribution in [2.24, 2.45) is 5.73 Å². The zero-order chi connectivity index (χ0) is 13.5. The fraction of sp³-hybridized carbons (Fsp3) is 0.250. The van der Waals surface area contributed by atoms with Gasteiger partial charge in [0.05, 0.1) is 25.2 Å². The van der Waals surface area contributed by atoms with Gasteiger partial charge in [-0.25, -0.2) is 0 Å². The van der Waals surface area contributed by atoms with Crippen molar-refractivity contribution >= 4 is 11.6 Å². The minimum atomic E-state index is -0.542. The van der Waals surface area contributed by atoms with Crippen LogP contribution in [0.1, 0.15) is 15.9 Å². The quantitative estimate of drug-likeness (QED) is 0.566. The predicted octanol–water partition coefficient (Wildman–Crippen LogP) is 0.217. The molecule has 1 aromatic rings. The number of carbonyl (C=O) groups is 1. The van der Waals surface area contributed by atoms with Crippen molar-refractivity contribution in [1.29, 1.82) is 10.5 Å². The summed E-state index contributed by atoms with van der Waals surface area (Å²) in [6, 6.07) is 8.71. The second-order valence-electron chi connectivity index (χ2n) is 3.74. The second kappa shape index (κ2) is 6.24. The van der Waals surface area contributed by atoms with E-state index in [1.165, 1.54) is 6.07 Å². The van der Waals surface area contributed by atoms with E-state index in [0.717, 1.165) is 5.56 Å². The van der Waals surface area contributed by atoms with E-state index in [-0.39, 0.29) is 13.1 Å². The number of rotatable bonds is 5. The van der Waals surface area contributed by atoms with Gasteiger partial charge >= 0.3 is 0 Å². The Hall–Kier alpha value is -2.57. The van der Waals surface area contributed by atoms with Gasteiger partial charge in [-0.15, -0.1) is 0 Å². The van der Waals surface area contributed by atoms with Crippen molar-refractivity contribution in [1.82, 2.24) is 4.90 Å². The Morgan fingerprint density at radius 1 is 1.28 bits per heavy atom. The summed E-state index contributed by atoms with van der Waals surface area (Å²) in [5.41, 5.74) is 12.5. The second-order valence-corrected chi connectivity index (χ2v) is 3.74. The first kappa shape index (κ1) is 13.5. The van der Waals surface area contributed by atoms with Crippen LogP contribution in [0.5, 0.6) is 0 Å². The Morgan fingerprint density at radius 3 is 2.33 bits per heavy atom. The Bertz CT molecular complexity index is 510. The molecule has 0 bridgehead atoms. The number of amides is 1. The molecule has 0 unspecified atom stereocenters. The van der Waals surface area contributed by atoms with Crippen LogP contribution >= 0.6 is 0 Å². The molecule has 4 N–H and O–H groups in total. The van der Waals surface area contributed by atoms with E-state index in [1.54, 1.807) is 17.0 Å². The summed E-state index contributed by atoms with van der Waals surface area (Å²) >= 11 is 0. The van der Waals surface area contributed by atoms with Gasteiger partial charge in [-0.1, -0.05) is 6.07 Å². The van der Waals surface area contributed by atoms with Gasteiger partial charge in [0.2, 0.25) is 5.91 Å². The first-order valence-electron chi connectivity index (χ1n) is 5.23. The number of nitrogens with two attached hydrogens (primary N) is 2. The fourth-order valence-corrected chi connectivity index (χ4v) is 1.50. The first-order valence-corrected chi connectivity index (χ1v) is 5.23. The molecule has 6 heteroatoms. The third-order valence-electron chi connectivity index (χ3n) is 2.41. The van der Waals surface area contributed by atoms with E-state index in [2.05, 4.69) is 0 Å². The molecule has 18 heavy (non-hydrogen) atoms. The van der Waals surface area contributed by atoms with E-state index in [9.17, 15) is 4.79 Å². The summed E-state index contributed by atoms with van der Waals surface area (Å²) in [5.74, 6) is -0.542. The zero-order valence-corrected chi connectivity index (χ0v) is 9.76. The van der Waals surface area contributed by atoms with E-state index in [4.69, 9.17) is 22.0 Å². The van der Waals surface area contributed by atoms with Crippen molar-refractivity contribution < 1.29 is 4.79 Å². The van der Waals surface area contributed by atoms with Crippen LogP contribution in [0, 0.1) is 22.7 Å². The summed E-state index contributed by atoms with van der Waals surface area (Å²) in [5, 5.41) is 17.3. The number of hydrogen-bond donors (Lipinski definition) is 2. The Morgan fingerprint density at radius 2 is 1.89 bits per heavy atom. The highest BCUT2D eigenvalue weighted by atomic mass is 16.1. The van der Waals surface area contributed by atoms with Gasteiger partial charge < -0.3 is 11.5 Å². The Kier molecular flexibility index (Phi) is 4.67. The van der Waals surface area contributed by atoms with Crippen molar-refractivity contribution in [2.45, 2.75) is 6.54 Å². The van der Waals surface area contributed by atoms with Crippen LogP contribution in [-0.2, 0) is 6.54 Å². The summed E-state index contributed by atoms with van der Waals surface area (Å²) in [4.78, 5) is 12.6. The lowest BCUT2D eigenvalue weighted by atomic mass is 10.1. The molecular formula is C12H13N5O. The van der Waals surface area contributed by atoms with Crippen LogP contribution in [0.4, 0.5) is 5.69 Å². The van der Waals surface area contributed by atoms with Crippen molar-refractivity contribution in [3.05, 3.63) is 29.3 Å². The molecule has 1 aromatic carbocycles. The molecule has 6 nitrogen and oxygen atoms in total. The molecule has 0 aliphatic carbocycles. The summed E-state index contributed by atoms with van der Waals surface area (Å²) in [6.07, 6.45) is 0. The van der Waals surface area contributed by atoms with Gasteiger partial charge in [0.15, 0.2) is 0 Å². The molecule has 0 saturated heterocycles. The van der Waals surface area contributed by atoms with Crippen LogP contribution in [-0.4, -0.2) is 23.9 Å². The van der Waals surface area contributed by atoms with Crippen LogP contribution < -0.4 is 11.5 Å². The highest BCUT2D eigenvalue weighted by molar-refractivity contribution is 5.93. The molecule has 0 saturated carbocycles. The lowest BCUT2D eigenvalue weighted by molar-refractivity contribution is 0.100. The van der Waals surface area contributed by atoms with Gasteiger partial charge in [0, 0.05) is 17.8 Å². The van der Waals surface area contributed by atoms with E-state index < -0.39 is 5.91 Å². The number of nitriles is 2. The average molecular weight is 243 g/mol. The predicted molar refractivity (Wildman–Crippen MR) is 65.9 cm³/mol. The number of nitrogen functional groups attached to an aromatic ring is 1. The van der Waals surface area contributed by atoms with Crippen molar-refractivity contribution in [3.8, 4) is 12.1 Å². The average Bonchev–Trinajstić information content (AvgIpc) is 2.32. The van der Waals surface area contributed by atoms with Gasteiger partial charge in [0.1, 0.15) is 0 Å². The first-order chi connectivity index (χ1) is 8.58. The molecule has 0 spiro atoms. The molecule has 0 fully saturated rings. The summed E-state index contributed by atoms with van der Waals surface area (Å²) in [6.45, 7) is 0.668. The number of carbonyl (C=O) groups excluding carboxylic acids is 1. The zero-order valence-electron chi connectivity index (χ0n) is 9.76. The molecule has 0 aromatic heterocycles. The minimum absolute atomic E-state index is 0.143. The molecular weight excluding hydrogens is 230 g/mol. The SMILES string of the molecule is N#CCN(CC#N)Cc1ccc(C(N)=O)cc1N. The lowest BCUT2D eigenvalue weighted by Gasteiger charge is -2.16. The van der Waals surface area contributed by atoms with Crippen molar-refractivity contribution in [3.63, 3.8) is 0 Å². The van der Waals surface area contributed by atoms with Crippen LogP contribution in [0.2, 0.25) is 0 Å². The maximum Gasteiger partial charge on any atom is 0.248 e. The molecule has 0 atom stereocenters. The molecule has 0 aliphatic heterocycles. The van der Waals surface area contributed by atoms with Gasteiger partial charge in [0.25, 0.3) is 0 Å². The summed E-state index contributed by atoms with van der Waals surface area (Å²) < 4.78 is 0. The Balaban J connectivity index is 2.87. The Labute approximate surface area is 105 Å². The van der Waals surface area contributed by atoms with Gasteiger partial charge in [-0.05, 0) is 17.7 Å². The van der Waals surface area contributed by atoms with Gasteiger partial charge in [-0.3, -0.25) is 9.69 Å². The monoisotopic (exact) mass is 243 g/mol.